The molecule has 0 saturated heterocycles. The van der Waals surface area contributed by atoms with E-state index in [1.54, 1.807) is 14.2 Å². The zero-order valence-corrected chi connectivity index (χ0v) is 18.1. The van der Waals surface area contributed by atoms with Crippen molar-refractivity contribution in [3.8, 4) is 11.5 Å². The van der Waals surface area contributed by atoms with Gasteiger partial charge in [0.2, 0.25) is 0 Å². The highest BCUT2D eigenvalue weighted by molar-refractivity contribution is 6.42. The van der Waals surface area contributed by atoms with E-state index in [9.17, 15) is 0 Å². The van der Waals surface area contributed by atoms with Crippen LogP contribution in [0.1, 0.15) is 16.7 Å². The zero-order chi connectivity index (χ0) is 20.6. The number of nitrogens with zero attached hydrogens (tertiary/aromatic N) is 2. The molecule has 0 saturated carbocycles. The molecule has 0 amide bonds. The van der Waals surface area contributed by atoms with Crippen molar-refractivity contribution in [3.63, 3.8) is 0 Å². The Bertz CT molecular complexity index is 935. The topological polar surface area (TPSA) is 34.6 Å². The highest BCUT2D eigenvalue weighted by Gasteiger charge is 2.13. The molecule has 0 spiro atoms. The minimum atomic E-state index is 0.577. The average molecular weight is 431 g/mol. The molecule has 0 aliphatic rings. The second-order valence-electron chi connectivity index (χ2n) is 6.72. The van der Waals surface area contributed by atoms with Crippen LogP contribution in [0.3, 0.4) is 0 Å². The van der Waals surface area contributed by atoms with Gasteiger partial charge in [-0.2, -0.15) is 0 Å². The molecule has 1 aromatic heterocycles. The molecular formula is C23H24Cl2N2O2. The first kappa shape index (κ1) is 21.4. The number of halogens is 2. The van der Waals surface area contributed by atoms with Gasteiger partial charge in [-0.05, 0) is 53.4 Å². The Labute approximate surface area is 182 Å². The summed E-state index contributed by atoms with van der Waals surface area (Å²) in [5, 5.41) is 1.19. The van der Waals surface area contributed by atoms with Crippen LogP contribution in [-0.2, 0) is 19.5 Å². The highest BCUT2D eigenvalue weighted by Crippen LogP contribution is 2.29. The maximum Gasteiger partial charge on any atom is 0.160 e. The Balaban J connectivity index is 1.77. The van der Waals surface area contributed by atoms with Crippen molar-refractivity contribution in [1.29, 1.82) is 0 Å². The molecule has 0 bridgehead atoms. The maximum absolute atomic E-state index is 6.43. The van der Waals surface area contributed by atoms with Crippen LogP contribution >= 0.6 is 23.2 Å². The SMILES string of the molecule is COc1ccc(CCN(Cc2ccncc2)Cc2cccc(Cl)c2Cl)cc1OC. The van der Waals surface area contributed by atoms with Crippen LogP contribution in [0.5, 0.6) is 11.5 Å². The third-order valence-electron chi connectivity index (χ3n) is 4.75. The molecular weight excluding hydrogens is 407 g/mol. The Morgan fingerprint density at radius 2 is 1.62 bits per heavy atom. The molecule has 0 N–H and O–H groups in total. The molecule has 0 fully saturated rings. The quantitative estimate of drug-likeness (QED) is 0.439. The van der Waals surface area contributed by atoms with E-state index >= 15 is 0 Å². The van der Waals surface area contributed by atoms with Crippen LogP contribution in [-0.4, -0.2) is 30.6 Å². The number of benzene rings is 2. The van der Waals surface area contributed by atoms with Crippen molar-refractivity contribution in [2.75, 3.05) is 20.8 Å². The molecule has 0 unspecified atom stereocenters. The predicted octanol–water partition coefficient (Wildman–Crippen LogP) is 5.65. The van der Waals surface area contributed by atoms with Gasteiger partial charge < -0.3 is 9.47 Å². The maximum atomic E-state index is 6.43. The lowest BCUT2D eigenvalue weighted by molar-refractivity contribution is 0.260. The number of pyridine rings is 1. The summed E-state index contributed by atoms with van der Waals surface area (Å²) in [6, 6.07) is 15.9. The fraction of sp³-hybridized carbons (Fsp3) is 0.261. The standard InChI is InChI=1S/C23H24Cl2N2O2/c1-28-21-7-6-17(14-22(21)29-2)10-13-27(15-18-8-11-26-12-9-18)16-19-4-3-5-20(24)23(19)25/h3-9,11-12,14H,10,13,15-16H2,1-2H3. The van der Waals surface area contributed by atoms with Crippen molar-refractivity contribution < 1.29 is 9.47 Å². The molecule has 4 nitrogen and oxygen atoms in total. The lowest BCUT2D eigenvalue weighted by Crippen LogP contribution is -2.25. The molecule has 0 aliphatic heterocycles. The van der Waals surface area contributed by atoms with E-state index < -0.39 is 0 Å². The van der Waals surface area contributed by atoms with Gasteiger partial charge in [0, 0.05) is 32.0 Å². The molecule has 6 heteroatoms. The number of methoxy groups -OCH3 is 2. The monoisotopic (exact) mass is 430 g/mol. The van der Waals surface area contributed by atoms with Crippen molar-refractivity contribution in [2.45, 2.75) is 19.5 Å². The minimum Gasteiger partial charge on any atom is -0.493 e. The fourth-order valence-electron chi connectivity index (χ4n) is 3.20. The van der Waals surface area contributed by atoms with Crippen molar-refractivity contribution in [2.24, 2.45) is 0 Å². The molecule has 0 radical (unpaired) electrons. The normalized spacial score (nSPS) is 10.9. The smallest absolute Gasteiger partial charge is 0.160 e. The fourth-order valence-corrected chi connectivity index (χ4v) is 3.58. The largest absolute Gasteiger partial charge is 0.493 e. The van der Waals surface area contributed by atoms with Gasteiger partial charge in [-0.25, -0.2) is 0 Å². The second kappa shape index (κ2) is 10.5. The Morgan fingerprint density at radius 3 is 2.34 bits per heavy atom. The van der Waals surface area contributed by atoms with E-state index in [0.717, 1.165) is 36.6 Å². The van der Waals surface area contributed by atoms with E-state index in [-0.39, 0.29) is 0 Å². The summed E-state index contributed by atoms with van der Waals surface area (Å²) in [7, 11) is 3.29. The van der Waals surface area contributed by atoms with Crippen LogP contribution in [0.4, 0.5) is 0 Å². The third kappa shape index (κ3) is 5.86. The Hall–Kier alpha value is -2.27. The van der Waals surface area contributed by atoms with Crippen molar-refractivity contribution >= 4 is 23.2 Å². The Morgan fingerprint density at radius 1 is 0.862 bits per heavy atom. The van der Waals surface area contributed by atoms with Crippen LogP contribution in [0.2, 0.25) is 10.0 Å². The van der Waals surface area contributed by atoms with Crippen molar-refractivity contribution in [3.05, 3.63) is 87.7 Å². The molecule has 0 aliphatic carbocycles. The van der Waals surface area contributed by atoms with Gasteiger partial charge in [-0.15, -0.1) is 0 Å². The summed E-state index contributed by atoms with van der Waals surface area (Å²) < 4.78 is 10.8. The van der Waals surface area contributed by atoms with Gasteiger partial charge >= 0.3 is 0 Å². The lowest BCUT2D eigenvalue weighted by atomic mass is 10.1. The van der Waals surface area contributed by atoms with Gasteiger partial charge in [0.15, 0.2) is 11.5 Å². The first-order valence-electron chi connectivity index (χ1n) is 9.35. The molecule has 29 heavy (non-hydrogen) atoms. The van der Waals surface area contributed by atoms with Gasteiger partial charge in [-0.1, -0.05) is 41.4 Å². The molecule has 0 atom stereocenters. The predicted molar refractivity (Wildman–Crippen MR) is 118 cm³/mol. The summed E-state index contributed by atoms with van der Waals surface area (Å²) in [5.74, 6) is 1.47. The summed E-state index contributed by atoms with van der Waals surface area (Å²) >= 11 is 12.6. The molecule has 3 rings (SSSR count). The first-order chi connectivity index (χ1) is 14.1. The molecule has 152 valence electrons. The van der Waals surface area contributed by atoms with E-state index in [0.29, 0.717) is 16.6 Å². The molecule has 3 aromatic rings. The summed E-state index contributed by atoms with van der Waals surface area (Å²) in [5.41, 5.74) is 3.39. The van der Waals surface area contributed by atoms with E-state index in [4.69, 9.17) is 32.7 Å². The summed E-state index contributed by atoms with van der Waals surface area (Å²) in [6.45, 7) is 2.34. The number of rotatable bonds is 9. The zero-order valence-electron chi connectivity index (χ0n) is 16.6. The highest BCUT2D eigenvalue weighted by atomic mass is 35.5. The minimum absolute atomic E-state index is 0.577. The van der Waals surface area contributed by atoms with E-state index in [1.807, 2.05) is 54.9 Å². The number of ether oxygens (including phenoxy) is 2. The van der Waals surface area contributed by atoms with Gasteiger partial charge in [0.25, 0.3) is 0 Å². The van der Waals surface area contributed by atoms with Crippen LogP contribution < -0.4 is 9.47 Å². The van der Waals surface area contributed by atoms with Crippen molar-refractivity contribution in [1.82, 2.24) is 9.88 Å². The lowest BCUT2D eigenvalue weighted by Gasteiger charge is -2.23. The van der Waals surface area contributed by atoms with Gasteiger partial charge in [0.05, 0.1) is 24.3 Å². The second-order valence-corrected chi connectivity index (χ2v) is 7.50. The number of aromatic nitrogens is 1. The average Bonchev–Trinajstić information content (AvgIpc) is 2.75. The van der Waals surface area contributed by atoms with E-state index in [2.05, 4.69) is 16.0 Å². The molecule has 2 aromatic carbocycles. The third-order valence-corrected chi connectivity index (χ3v) is 5.60. The Kier molecular flexibility index (Phi) is 7.76. The van der Waals surface area contributed by atoms with Gasteiger partial charge in [-0.3, -0.25) is 9.88 Å². The van der Waals surface area contributed by atoms with Crippen LogP contribution in [0.25, 0.3) is 0 Å². The summed E-state index contributed by atoms with van der Waals surface area (Å²) in [4.78, 5) is 6.46. The summed E-state index contributed by atoms with van der Waals surface area (Å²) in [6.07, 6.45) is 4.49. The molecule has 1 heterocycles. The van der Waals surface area contributed by atoms with Gasteiger partial charge in [0.1, 0.15) is 0 Å². The van der Waals surface area contributed by atoms with E-state index in [1.165, 1.54) is 11.1 Å². The first-order valence-corrected chi connectivity index (χ1v) is 10.1. The number of hydrogen-bond donors (Lipinski definition) is 0. The van der Waals surface area contributed by atoms with Crippen LogP contribution in [0, 0.1) is 0 Å². The van der Waals surface area contributed by atoms with Crippen LogP contribution in [0.15, 0.2) is 60.9 Å². The number of hydrogen-bond acceptors (Lipinski definition) is 4.